The molecule has 0 aliphatic rings. The molecule has 2 aromatic carbocycles. The van der Waals surface area contributed by atoms with Crippen molar-refractivity contribution in [1.82, 2.24) is 0 Å². The van der Waals surface area contributed by atoms with Gasteiger partial charge in [-0.3, -0.25) is 4.79 Å². The number of benzene rings is 2. The minimum Gasteiger partial charge on any atom is -0.495 e. The Morgan fingerprint density at radius 1 is 1.10 bits per heavy atom. The monoisotopic (exact) mass is 329 g/mol. The maximum Gasteiger partial charge on any atom is 0.196 e. The molecule has 0 radical (unpaired) electrons. The van der Waals surface area contributed by atoms with E-state index in [2.05, 4.69) is 0 Å². The van der Waals surface area contributed by atoms with Gasteiger partial charge in [-0.25, -0.2) is 0 Å². The van der Waals surface area contributed by atoms with Crippen molar-refractivity contribution in [3.8, 4) is 5.75 Å². The van der Waals surface area contributed by atoms with Crippen LogP contribution in [0.2, 0.25) is 15.1 Å². The zero-order valence-electron chi connectivity index (χ0n) is 10.4. The standard InChI is InChI=1S/C14H10Cl3NO2/c1-20-12-6-9(15)8(5-10(12)16)14(19)7-3-2-4-11(18)13(7)17/h2-6H,18H2,1H3. The lowest BCUT2D eigenvalue weighted by Crippen LogP contribution is -2.05. The molecule has 2 aromatic rings. The fraction of sp³-hybridized carbons (Fsp3) is 0.0714. The van der Waals surface area contributed by atoms with Crippen molar-refractivity contribution in [3.63, 3.8) is 0 Å². The van der Waals surface area contributed by atoms with Gasteiger partial charge >= 0.3 is 0 Å². The van der Waals surface area contributed by atoms with E-state index in [0.717, 1.165) is 0 Å². The average molecular weight is 331 g/mol. The summed E-state index contributed by atoms with van der Waals surface area (Å²) in [6, 6.07) is 7.77. The van der Waals surface area contributed by atoms with Gasteiger partial charge in [-0.05, 0) is 18.2 Å². The molecule has 0 unspecified atom stereocenters. The fourth-order valence-corrected chi connectivity index (χ4v) is 2.42. The van der Waals surface area contributed by atoms with Crippen molar-refractivity contribution in [1.29, 1.82) is 0 Å². The van der Waals surface area contributed by atoms with Crippen molar-refractivity contribution >= 4 is 46.3 Å². The van der Waals surface area contributed by atoms with E-state index in [1.807, 2.05) is 0 Å². The third-order valence-electron chi connectivity index (χ3n) is 2.76. The molecule has 104 valence electrons. The lowest BCUT2D eigenvalue weighted by molar-refractivity contribution is 0.103. The Hall–Kier alpha value is -1.42. The van der Waals surface area contributed by atoms with E-state index in [0.29, 0.717) is 16.5 Å². The van der Waals surface area contributed by atoms with Gasteiger partial charge in [-0.2, -0.15) is 0 Å². The van der Waals surface area contributed by atoms with Crippen molar-refractivity contribution < 1.29 is 9.53 Å². The minimum absolute atomic E-state index is 0.195. The Kier molecular flexibility index (Phi) is 4.43. The molecular weight excluding hydrogens is 321 g/mol. The Morgan fingerprint density at radius 2 is 1.80 bits per heavy atom. The highest BCUT2D eigenvalue weighted by atomic mass is 35.5. The van der Waals surface area contributed by atoms with Crippen LogP contribution in [0, 0.1) is 0 Å². The molecule has 0 aliphatic heterocycles. The van der Waals surface area contributed by atoms with Crippen LogP contribution in [0.25, 0.3) is 0 Å². The van der Waals surface area contributed by atoms with Gasteiger partial charge in [0.15, 0.2) is 5.78 Å². The van der Waals surface area contributed by atoms with E-state index in [-0.39, 0.29) is 27.0 Å². The summed E-state index contributed by atoms with van der Waals surface area (Å²) in [7, 11) is 1.47. The second-order valence-electron chi connectivity index (χ2n) is 4.00. The molecule has 0 aliphatic carbocycles. The highest BCUT2D eigenvalue weighted by molar-refractivity contribution is 6.40. The molecule has 2 N–H and O–H groups in total. The van der Waals surface area contributed by atoms with Crippen molar-refractivity contribution in [2.24, 2.45) is 0 Å². The van der Waals surface area contributed by atoms with Gasteiger partial charge in [0.05, 0.1) is 27.9 Å². The normalized spacial score (nSPS) is 10.4. The molecule has 0 fully saturated rings. The highest BCUT2D eigenvalue weighted by Crippen LogP contribution is 2.33. The summed E-state index contributed by atoms with van der Waals surface area (Å²) < 4.78 is 5.04. The number of carbonyl (C=O) groups excluding carboxylic acids is 1. The van der Waals surface area contributed by atoms with E-state index < -0.39 is 0 Å². The number of rotatable bonds is 3. The lowest BCUT2D eigenvalue weighted by atomic mass is 10.0. The topological polar surface area (TPSA) is 52.3 Å². The molecule has 0 heterocycles. The highest BCUT2D eigenvalue weighted by Gasteiger charge is 2.19. The van der Waals surface area contributed by atoms with E-state index in [4.69, 9.17) is 45.3 Å². The molecule has 0 atom stereocenters. The number of carbonyl (C=O) groups is 1. The van der Waals surface area contributed by atoms with Crippen LogP contribution in [0.15, 0.2) is 30.3 Å². The van der Waals surface area contributed by atoms with Gasteiger partial charge < -0.3 is 10.5 Å². The van der Waals surface area contributed by atoms with Crippen LogP contribution in [-0.2, 0) is 0 Å². The summed E-state index contributed by atoms with van der Waals surface area (Å²) in [5.41, 5.74) is 6.53. The van der Waals surface area contributed by atoms with E-state index >= 15 is 0 Å². The zero-order chi connectivity index (χ0) is 14.9. The number of anilines is 1. The number of nitrogens with two attached hydrogens (primary N) is 1. The SMILES string of the molecule is COc1cc(Cl)c(C(=O)c2cccc(N)c2Cl)cc1Cl. The van der Waals surface area contributed by atoms with Gasteiger partial charge in [0.2, 0.25) is 0 Å². The molecule has 0 saturated carbocycles. The first-order chi connectivity index (χ1) is 9.45. The smallest absolute Gasteiger partial charge is 0.196 e. The summed E-state index contributed by atoms with van der Waals surface area (Å²) in [6.07, 6.45) is 0. The van der Waals surface area contributed by atoms with Crippen LogP contribution >= 0.6 is 34.8 Å². The third-order valence-corrected chi connectivity index (χ3v) is 3.79. The van der Waals surface area contributed by atoms with Crippen LogP contribution in [0.3, 0.4) is 0 Å². The number of ether oxygens (including phenoxy) is 1. The minimum atomic E-state index is -0.350. The maximum absolute atomic E-state index is 12.5. The number of halogens is 3. The van der Waals surface area contributed by atoms with Crippen LogP contribution in [0.5, 0.6) is 5.75 Å². The van der Waals surface area contributed by atoms with Gasteiger partial charge in [-0.15, -0.1) is 0 Å². The number of hydrogen-bond acceptors (Lipinski definition) is 3. The van der Waals surface area contributed by atoms with E-state index in [1.165, 1.54) is 19.2 Å². The predicted octanol–water partition coefficient (Wildman–Crippen LogP) is 4.47. The number of methoxy groups -OCH3 is 1. The van der Waals surface area contributed by atoms with Crippen molar-refractivity contribution in [3.05, 3.63) is 56.5 Å². The summed E-state index contributed by atoms with van der Waals surface area (Å²) in [6.45, 7) is 0. The Labute approximate surface area is 131 Å². The number of ketones is 1. The lowest BCUT2D eigenvalue weighted by Gasteiger charge is -2.10. The fourth-order valence-electron chi connectivity index (χ4n) is 1.73. The summed E-state index contributed by atoms with van der Waals surface area (Å²) in [4.78, 5) is 12.5. The Bertz CT molecular complexity index is 686. The third kappa shape index (κ3) is 2.70. The van der Waals surface area contributed by atoms with E-state index in [1.54, 1.807) is 18.2 Å². The van der Waals surface area contributed by atoms with E-state index in [9.17, 15) is 4.79 Å². The van der Waals surface area contributed by atoms with Crippen molar-refractivity contribution in [2.45, 2.75) is 0 Å². The molecular formula is C14H10Cl3NO2. The number of hydrogen-bond donors (Lipinski definition) is 1. The number of nitrogen functional groups attached to an aromatic ring is 1. The Morgan fingerprint density at radius 3 is 2.45 bits per heavy atom. The molecule has 6 heteroatoms. The second-order valence-corrected chi connectivity index (χ2v) is 5.20. The van der Waals surface area contributed by atoms with Gasteiger partial charge in [-0.1, -0.05) is 40.9 Å². The maximum atomic E-state index is 12.5. The molecule has 0 bridgehead atoms. The van der Waals surface area contributed by atoms with Crippen LogP contribution < -0.4 is 10.5 Å². The van der Waals surface area contributed by atoms with Gasteiger partial charge in [0.25, 0.3) is 0 Å². The predicted molar refractivity (Wildman–Crippen MR) is 82.3 cm³/mol. The molecule has 3 nitrogen and oxygen atoms in total. The summed E-state index contributed by atoms with van der Waals surface area (Å²) in [5, 5.41) is 0.718. The molecule has 0 saturated heterocycles. The van der Waals surface area contributed by atoms with Crippen LogP contribution in [-0.4, -0.2) is 12.9 Å². The average Bonchev–Trinajstić information content (AvgIpc) is 2.43. The Balaban J connectivity index is 2.54. The summed E-state index contributed by atoms with van der Waals surface area (Å²) >= 11 is 18.1. The van der Waals surface area contributed by atoms with Gasteiger partial charge in [0.1, 0.15) is 5.75 Å². The van der Waals surface area contributed by atoms with Crippen molar-refractivity contribution in [2.75, 3.05) is 12.8 Å². The second kappa shape index (κ2) is 5.92. The first kappa shape index (κ1) is 15.0. The zero-order valence-corrected chi connectivity index (χ0v) is 12.7. The first-order valence-corrected chi connectivity index (χ1v) is 6.70. The van der Waals surface area contributed by atoms with Crippen LogP contribution in [0.4, 0.5) is 5.69 Å². The molecule has 2 rings (SSSR count). The quantitative estimate of drug-likeness (QED) is 0.667. The van der Waals surface area contributed by atoms with Crippen LogP contribution in [0.1, 0.15) is 15.9 Å². The largest absolute Gasteiger partial charge is 0.495 e. The molecule has 20 heavy (non-hydrogen) atoms. The first-order valence-electron chi connectivity index (χ1n) is 5.57. The molecule has 0 aromatic heterocycles. The van der Waals surface area contributed by atoms with Gasteiger partial charge in [0, 0.05) is 17.2 Å². The molecule has 0 spiro atoms. The summed E-state index contributed by atoms with van der Waals surface area (Å²) in [5.74, 6) is 0.0451. The molecule has 0 amide bonds.